The van der Waals surface area contributed by atoms with E-state index in [0.29, 0.717) is 0 Å². The second-order valence-corrected chi connectivity index (χ2v) is 4.24. The first-order valence-corrected chi connectivity index (χ1v) is 5.82. The van der Waals surface area contributed by atoms with E-state index in [-0.39, 0.29) is 0 Å². The average Bonchev–Trinajstić information content (AvgIpc) is 2.32. The first kappa shape index (κ1) is 11.1. The third-order valence-corrected chi connectivity index (χ3v) is 2.96. The van der Waals surface area contributed by atoms with Crippen molar-refractivity contribution in [2.75, 3.05) is 38.1 Å². The van der Waals surface area contributed by atoms with Crippen LogP contribution < -0.4 is 4.90 Å². The van der Waals surface area contributed by atoms with E-state index in [1.54, 1.807) is 0 Å². The van der Waals surface area contributed by atoms with Crippen molar-refractivity contribution in [3.05, 3.63) is 30.0 Å². The van der Waals surface area contributed by atoms with Crippen LogP contribution in [0.1, 0.15) is 12.5 Å². The van der Waals surface area contributed by atoms with Crippen LogP contribution in [0.5, 0.6) is 0 Å². The van der Waals surface area contributed by atoms with Gasteiger partial charge in [0.05, 0.1) is 0 Å². The molecule has 2 rings (SSSR count). The first-order valence-electron chi connectivity index (χ1n) is 5.82. The predicted octanol–water partition coefficient (Wildman–Crippen LogP) is 1.87. The Morgan fingerprint density at radius 2 is 1.94 bits per heavy atom. The highest BCUT2D eigenvalue weighted by molar-refractivity contribution is 5.51. The molecule has 0 amide bonds. The number of anilines is 1. The molecule has 0 N–H and O–H groups in total. The molecule has 0 spiro atoms. The maximum absolute atomic E-state index is 4.50. The molecule has 3 heteroatoms. The summed E-state index contributed by atoms with van der Waals surface area (Å²) in [5.41, 5.74) is 1.17. The van der Waals surface area contributed by atoms with Gasteiger partial charge in [-0.05, 0) is 31.7 Å². The fourth-order valence-electron chi connectivity index (χ4n) is 1.91. The molecule has 1 aromatic rings. The SMILES string of the molecule is C/C=C/c1ccc(N2CCN(C)CC2)nc1. The smallest absolute Gasteiger partial charge is 0.128 e. The van der Waals surface area contributed by atoms with Gasteiger partial charge in [0.15, 0.2) is 0 Å². The molecule has 86 valence electrons. The normalized spacial score (nSPS) is 18.2. The number of hydrogen-bond donors (Lipinski definition) is 0. The summed E-state index contributed by atoms with van der Waals surface area (Å²) >= 11 is 0. The molecule has 0 radical (unpaired) electrons. The Labute approximate surface area is 97.4 Å². The molecule has 0 unspecified atom stereocenters. The van der Waals surface area contributed by atoms with E-state index in [1.165, 1.54) is 5.56 Å². The van der Waals surface area contributed by atoms with Gasteiger partial charge in [-0.1, -0.05) is 12.2 Å². The summed E-state index contributed by atoms with van der Waals surface area (Å²) in [6.07, 6.45) is 6.04. The zero-order valence-corrected chi connectivity index (χ0v) is 10.1. The number of aromatic nitrogens is 1. The van der Waals surface area contributed by atoms with Gasteiger partial charge in [0.2, 0.25) is 0 Å². The molecule has 1 fully saturated rings. The molecule has 2 heterocycles. The highest BCUT2D eigenvalue weighted by atomic mass is 15.3. The summed E-state index contributed by atoms with van der Waals surface area (Å²) in [6.45, 7) is 6.42. The molecule has 0 atom stereocenters. The first-order chi connectivity index (χ1) is 7.79. The topological polar surface area (TPSA) is 19.4 Å². The van der Waals surface area contributed by atoms with Crippen LogP contribution in [0.4, 0.5) is 5.82 Å². The lowest BCUT2D eigenvalue weighted by atomic mass is 10.2. The fraction of sp³-hybridized carbons (Fsp3) is 0.462. The summed E-state index contributed by atoms with van der Waals surface area (Å²) < 4.78 is 0. The van der Waals surface area contributed by atoms with Gasteiger partial charge in [-0.25, -0.2) is 4.98 Å². The van der Waals surface area contributed by atoms with Gasteiger partial charge >= 0.3 is 0 Å². The van der Waals surface area contributed by atoms with Crippen LogP contribution in [-0.2, 0) is 0 Å². The molecule has 16 heavy (non-hydrogen) atoms. The van der Waals surface area contributed by atoms with Gasteiger partial charge in [-0.3, -0.25) is 0 Å². The van der Waals surface area contributed by atoms with Crippen LogP contribution in [0.25, 0.3) is 6.08 Å². The minimum Gasteiger partial charge on any atom is -0.354 e. The fourth-order valence-corrected chi connectivity index (χ4v) is 1.91. The molecular formula is C13H19N3. The predicted molar refractivity (Wildman–Crippen MR) is 68.7 cm³/mol. The van der Waals surface area contributed by atoms with Crippen LogP contribution in [0.3, 0.4) is 0 Å². The second kappa shape index (κ2) is 5.12. The molecule has 3 nitrogen and oxygen atoms in total. The number of piperazine rings is 1. The highest BCUT2D eigenvalue weighted by Gasteiger charge is 2.14. The lowest BCUT2D eigenvalue weighted by Crippen LogP contribution is -2.44. The maximum Gasteiger partial charge on any atom is 0.128 e. The van der Waals surface area contributed by atoms with E-state index in [4.69, 9.17) is 0 Å². The van der Waals surface area contributed by atoms with Crippen LogP contribution in [0.15, 0.2) is 24.4 Å². The van der Waals surface area contributed by atoms with Crippen molar-refractivity contribution in [1.29, 1.82) is 0 Å². The van der Waals surface area contributed by atoms with E-state index in [9.17, 15) is 0 Å². The number of likely N-dealkylation sites (N-methyl/N-ethyl adjacent to an activating group) is 1. The Morgan fingerprint density at radius 1 is 1.19 bits per heavy atom. The van der Waals surface area contributed by atoms with Crippen molar-refractivity contribution in [3.8, 4) is 0 Å². The van der Waals surface area contributed by atoms with Crippen molar-refractivity contribution in [3.63, 3.8) is 0 Å². The van der Waals surface area contributed by atoms with Gasteiger partial charge in [0.25, 0.3) is 0 Å². The Kier molecular flexibility index (Phi) is 3.57. The Balaban J connectivity index is 2.04. The molecule has 0 aromatic carbocycles. The van der Waals surface area contributed by atoms with Gasteiger partial charge < -0.3 is 9.80 Å². The molecule has 1 aromatic heterocycles. The van der Waals surface area contributed by atoms with Crippen LogP contribution in [0, 0.1) is 0 Å². The largest absolute Gasteiger partial charge is 0.354 e. The van der Waals surface area contributed by atoms with E-state index < -0.39 is 0 Å². The molecule has 1 aliphatic heterocycles. The Hall–Kier alpha value is -1.35. The minimum absolute atomic E-state index is 1.08. The van der Waals surface area contributed by atoms with Gasteiger partial charge in [0, 0.05) is 32.4 Å². The van der Waals surface area contributed by atoms with E-state index >= 15 is 0 Å². The Morgan fingerprint density at radius 3 is 2.50 bits per heavy atom. The average molecular weight is 217 g/mol. The highest BCUT2D eigenvalue weighted by Crippen LogP contribution is 2.13. The number of pyridine rings is 1. The van der Waals surface area contributed by atoms with Crippen molar-refractivity contribution >= 4 is 11.9 Å². The van der Waals surface area contributed by atoms with Gasteiger partial charge in [-0.2, -0.15) is 0 Å². The standard InChI is InChI=1S/C13H19N3/c1-3-4-12-5-6-13(14-11-12)16-9-7-15(2)8-10-16/h3-6,11H,7-10H2,1-2H3/b4-3+. The summed E-state index contributed by atoms with van der Waals surface area (Å²) in [4.78, 5) is 9.20. The van der Waals surface area contributed by atoms with Crippen molar-refractivity contribution in [1.82, 2.24) is 9.88 Å². The molecule has 0 saturated carbocycles. The molecule has 0 bridgehead atoms. The number of hydrogen-bond acceptors (Lipinski definition) is 3. The number of rotatable bonds is 2. The maximum atomic E-state index is 4.50. The number of nitrogens with zero attached hydrogens (tertiary/aromatic N) is 3. The molecule has 1 aliphatic rings. The summed E-state index contributed by atoms with van der Waals surface area (Å²) in [5.74, 6) is 1.10. The molecular weight excluding hydrogens is 198 g/mol. The molecule has 1 saturated heterocycles. The monoisotopic (exact) mass is 217 g/mol. The van der Waals surface area contributed by atoms with Gasteiger partial charge in [-0.15, -0.1) is 0 Å². The van der Waals surface area contributed by atoms with Crippen molar-refractivity contribution in [2.24, 2.45) is 0 Å². The minimum atomic E-state index is 1.08. The summed E-state index contributed by atoms with van der Waals surface area (Å²) in [7, 11) is 2.17. The van der Waals surface area contributed by atoms with Gasteiger partial charge in [0.1, 0.15) is 5.82 Å². The third-order valence-electron chi connectivity index (χ3n) is 2.96. The summed E-state index contributed by atoms with van der Waals surface area (Å²) in [6, 6.07) is 4.24. The molecule has 0 aliphatic carbocycles. The van der Waals surface area contributed by atoms with Crippen molar-refractivity contribution in [2.45, 2.75) is 6.92 Å². The quantitative estimate of drug-likeness (QED) is 0.754. The zero-order chi connectivity index (χ0) is 11.4. The summed E-state index contributed by atoms with van der Waals surface area (Å²) in [5, 5.41) is 0. The number of allylic oxidation sites excluding steroid dienone is 1. The Bertz CT molecular complexity index is 348. The van der Waals surface area contributed by atoms with Crippen LogP contribution in [0.2, 0.25) is 0 Å². The second-order valence-electron chi connectivity index (χ2n) is 4.24. The lowest BCUT2D eigenvalue weighted by molar-refractivity contribution is 0.312. The lowest BCUT2D eigenvalue weighted by Gasteiger charge is -2.33. The van der Waals surface area contributed by atoms with E-state index in [0.717, 1.165) is 32.0 Å². The van der Waals surface area contributed by atoms with E-state index in [1.807, 2.05) is 19.2 Å². The van der Waals surface area contributed by atoms with E-state index in [2.05, 4.69) is 40.0 Å². The van der Waals surface area contributed by atoms with Crippen LogP contribution in [-0.4, -0.2) is 43.1 Å². The van der Waals surface area contributed by atoms with Crippen molar-refractivity contribution < 1.29 is 0 Å². The van der Waals surface area contributed by atoms with Crippen LogP contribution >= 0.6 is 0 Å². The zero-order valence-electron chi connectivity index (χ0n) is 10.1. The third kappa shape index (κ3) is 2.61.